The molecule has 6 nitrogen and oxygen atoms in total. The first-order valence-corrected chi connectivity index (χ1v) is 10.2. The zero-order valence-electron chi connectivity index (χ0n) is 16.9. The summed E-state index contributed by atoms with van der Waals surface area (Å²) in [6, 6.07) is 14.2. The number of piperazine rings is 1. The molecule has 2 heterocycles. The fraction of sp³-hybridized carbons (Fsp3) is 0.455. The van der Waals surface area contributed by atoms with Gasteiger partial charge < -0.3 is 20.2 Å². The number of pyridine rings is 1. The number of aromatic nitrogens is 1. The van der Waals surface area contributed by atoms with Crippen LogP contribution in [-0.4, -0.2) is 60.2 Å². The zero-order chi connectivity index (χ0) is 19.4. The number of aliphatic imine (C=N–C) groups is 1. The predicted molar refractivity (Wildman–Crippen MR) is 128 cm³/mol. The minimum Gasteiger partial charge on any atom is -0.383 e. The van der Waals surface area contributed by atoms with Crippen molar-refractivity contribution >= 4 is 35.8 Å². The summed E-state index contributed by atoms with van der Waals surface area (Å²) in [4.78, 5) is 13.9. The maximum absolute atomic E-state index is 11.2. The molecule has 0 saturated carbocycles. The fourth-order valence-electron chi connectivity index (χ4n) is 4.15. The van der Waals surface area contributed by atoms with E-state index in [0.29, 0.717) is 6.54 Å². The molecule has 2 N–H and O–H groups in total. The Balaban J connectivity index is 0.00000240. The van der Waals surface area contributed by atoms with Crippen molar-refractivity contribution in [3.8, 4) is 0 Å². The number of anilines is 1. The van der Waals surface area contributed by atoms with Gasteiger partial charge >= 0.3 is 0 Å². The number of nitrogens with zero attached hydrogens (tertiary/aromatic N) is 4. The average Bonchev–Trinajstić information content (AvgIpc) is 3.09. The summed E-state index contributed by atoms with van der Waals surface area (Å²) in [6.45, 7) is 6.89. The molecule has 1 aliphatic heterocycles. The molecule has 1 aliphatic carbocycles. The molecule has 1 fully saturated rings. The third kappa shape index (κ3) is 4.83. The van der Waals surface area contributed by atoms with Crippen molar-refractivity contribution in [1.29, 1.82) is 0 Å². The number of rotatable bonds is 4. The van der Waals surface area contributed by atoms with E-state index in [-0.39, 0.29) is 24.0 Å². The van der Waals surface area contributed by atoms with E-state index < -0.39 is 5.60 Å². The number of fused-ring (bicyclic) bond motifs is 1. The molecule has 1 saturated heterocycles. The predicted octanol–water partition coefficient (Wildman–Crippen LogP) is 2.62. The number of guanidine groups is 1. The number of aryl methyl sites for hydroxylation is 1. The van der Waals surface area contributed by atoms with E-state index >= 15 is 0 Å². The van der Waals surface area contributed by atoms with Gasteiger partial charge in [-0.05, 0) is 43.0 Å². The largest absolute Gasteiger partial charge is 0.383 e. The molecular weight excluding hydrogens is 477 g/mol. The third-order valence-corrected chi connectivity index (χ3v) is 5.70. The average molecular weight is 507 g/mol. The van der Waals surface area contributed by atoms with Crippen molar-refractivity contribution in [3.63, 3.8) is 0 Å². The van der Waals surface area contributed by atoms with Gasteiger partial charge in [-0.15, -0.1) is 24.0 Å². The van der Waals surface area contributed by atoms with Crippen molar-refractivity contribution in [2.75, 3.05) is 44.2 Å². The van der Waals surface area contributed by atoms with Crippen LogP contribution in [0.15, 0.2) is 53.7 Å². The summed E-state index contributed by atoms with van der Waals surface area (Å²) in [6.07, 6.45) is 3.50. The van der Waals surface area contributed by atoms with Gasteiger partial charge in [0.2, 0.25) is 0 Å². The second-order valence-electron chi connectivity index (χ2n) is 7.52. The van der Waals surface area contributed by atoms with Gasteiger partial charge in [0.25, 0.3) is 0 Å². The molecule has 0 amide bonds. The van der Waals surface area contributed by atoms with Crippen molar-refractivity contribution in [3.05, 3.63) is 59.8 Å². The normalized spacial score (nSPS) is 21.5. The zero-order valence-corrected chi connectivity index (χ0v) is 19.3. The molecule has 1 aromatic carbocycles. The SMILES string of the molecule is CCNC(=NCC1(O)CCc2ccccc21)N1CCN(c2ccccn2)CC1.I. The highest BCUT2D eigenvalue weighted by molar-refractivity contribution is 14.0. The van der Waals surface area contributed by atoms with Crippen LogP contribution in [0, 0.1) is 0 Å². The van der Waals surface area contributed by atoms with Gasteiger partial charge in [0.15, 0.2) is 5.96 Å². The highest BCUT2D eigenvalue weighted by Gasteiger charge is 2.36. The van der Waals surface area contributed by atoms with Gasteiger partial charge in [0, 0.05) is 38.9 Å². The highest BCUT2D eigenvalue weighted by Crippen LogP contribution is 2.36. The second-order valence-corrected chi connectivity index (χ2v) is 7.52. The summed E-state index contributed by atoms with van der Waals surface area (Å²) in [7, 11) is 0. The standard InChI is InChI=1S/C22H29N5O.HI/c1-2-23-21(25-17-22(28)11-10-18-7-3-4-8-19(18)22)27-15-13-26(14-16-27)20-9-5-6-12-24-20;/h3-9,12,28H,2,10-11,13-17H2,1H3,(H,23,25);1H. The first-order chi connectivity index (χ1) is 13.7. The van der Waals surface area contributed by atoms with E-state index in [4.69, 9.17) is 4.99 Å². The lowest BCUT2D eigenvalue weighted by atomic mass is 9.96. The van der Waals surface area contributed by atoms with Crippen molar-refractivity contribution in [1.82, 2.24) is 15.2 Å². The Bertz CT molecular complexity index is 823. The second kappa shape index (κ2) is 9.75. The third-order valence-electron chi connectivity index (χ3n) is 5.70. The fourth-order valence-corrected chi connectivity index (χ4v) is 4.15. The monoisotopic (exact) mass is 507 g/mol. The van der Waals surface area contributed by atoms with Gasteiger partial charge in [-0.1, -0.05) is 30.3 Å². The van der Waals surface area contributed by atoms with E-state index in [2.05, 4.69) is 39.2 Å². The van der Waals surface area contributed by atoms with Gasteiger partial charge in [0.05, 0.1) is 6.54 Å². The molecule has 1 aromatic heterocycles. The lowest BCUT2D eigenvalue weighted by Gasteiger charge is -2.37. The van der Waals surface area contributed by atoms with Crippen LogP contribution < -0.4 is 10.2 Å². The molecule has 2 aromatic rings. The molecule has 4 rings (SSSR count). The lowest BCUT2D eigenvalue weighted by Crippen LogP contribution is -2.53. The summed E-state index contributed by atoms with van der Waals surface area (Å²) in [5.41, 5.74) is 1.43. The van der Waals surface area contributed by atoms with Crippen LogP contribution in [0.4, 0.5) is 5.82 Å². The minimum atomic E-state index is -0.854. The summed E-state index contributed by atoms with van der Waals surface area (Å²) in [5, 5.41) is 14.6. The molecule has 7 heteroatoms. The number of hydrogen-bond acceptors (Lipinski definition) is 4. The Morgan fingerprint density at radius 2 is 1.90 bits per heavy atom. The smallest absolute Gasteiger partial charge is 0.194 e. The van der Waals surface area contributed by atoms with E-state index in [1.807, 2.05) is 36.5 Å². The number of benzene rings is 1. The molecule has 1 atom stereocenters. The highest BCUT2D eigenvalue weighted by atomic mass is 127. The Morgan fingerprint density at radius 3 is 2.62 bits per heavy atom. The van der Waals surface area contributed by atoms with Crippen LogP contribution in [0.2, 0.25) is 0 Å². The Hall–Kier alpha value is -1.87. The van der Waals surface area contributed by atoms with Gasteiger partial charge in [0.1, 0.15) is 11.4 Å². The maximum Gasteiger partial charge on any atom is 0.194 e. The number of halogens is 1. The van der Waals surface area contributed by atoms with E-state index in [9.17, 15) is 5.11 Å². The molecule has 1 unspecified atom stereocenters. The van der Waals surface area contributed by atoms with Crippen LogP contribution >= 0.6 is 24.0 Å². The summed E-state index contributed by atoms with van der Waals surface area (Å²) < 4.78 is 0. The van der Waals surface area contributed by atoms with Gasteiger partial charge in [-0.3, -0.25) is 0 Å². The van der Waals surface area contributed by atoms with E-state index in [1.165, 1.54) is 5.56 Å². The van der Waals surface area contributed by atoms with Crippen LogP contribution in [0.25, 0.3) is 0 Å². The van der Waals surface area contributed by atoms with Gasteiger partial charge in [-0.2, -0.15) is 0 Å². The molecule has 0 bridgehead atoms. The quantitative estimate of drug-likeness (QED) is 0.379. The van der Waals surface area contributed by atoms with Crippen molar-refractivity contribution in [2.24, 2.45) is 4.99 Å². The Morgan fingerprint density at radius 1 is 1.14 bits per heavy atom. The summed E-state index contributed by atoms with van der Waals surface area (Å²) >= 11 is 0. The van der Waals surface area contributed by atoms with Crippen LogP contribution in [0.3, 0.4) is 0 Å². The molecule has 0 radical (unpaired) electrons. The van der Waals surface area contributed by atoms with E-state index in [0.717, 1.165) is 62.9 Å². The molecule has 2 aliphatic rings. The summed E-state index contributed by atoms with van der Waals surface area (Å²) in [5.74, 6) is 1.92. The first kappa shape index (κ1) is 21.8. The molecule has 29 heavy (non-hydrogen) atoms. The number of hydrogen-bond donors (Lipinski definition) is 2. The van der Waals surface area contributed by atoms with Crippen LogP contribution in [0.1, 0.15) is 24.5 Å². The van der Waals surface area contributed by atoms with Crippen LogP contribution in [0.5, 0.6) is 0 Å². The van der Waals surface area contributed by atoms with Crippen LogP contribution in [-0.2, 0) is 12.0 Å². The van der Waals surface area contributed by atoms with Crippen molar-refractivity contribution in [2.45, 2.75) is 25.4 Å². The molecule has 0 spiro atoms. The topological polar surface area (TPSA) is 64.0 Å². The van der Waals surface area contributed by atoms with Gasteiger partial charge in [-0.25, -0.2) is 9.98 Å². The van der Waals surface area contributed by atoms with Crippen molar-refractivity contribution < 1.29 is 5.11 Å². The number of nitrogens with one attached hydrogen (secondary N) is 1. The minimum absolute atomic E-state index is 0. The lowest BCUT2D eigenvalue weighted by molar-refractivity contribution is 0.0482. The maximum atomic E-state index is 11.2. The Kier molecular flexibility index (Phi) is 7.34. The first-order valence-electron chi connectivity index (χ1n) is 10.2. The molecule has 156 valence electrons. The number of aliphatic hydroxyl groups is 1. The Labute approximate surface area is 190 Å². The molecular formula is C22H30IN5O. The van der Waals surface area contributed by atoms with E-state index in [1.54, 1.807) is 0 Å².